The summed E-state index contributed by atoms with van der Waals surface area (Å²) < 4.78 is 0. The maximum absolute atomic E-state index is 11.7. The van der Waals surface area contributed by atoms with Crippen molar-refractivity contribution in [1.82, 2.24) is 4.90 Å². The number of hydrogen-bond acceptors (Lipinski definition) is 2. The van der Waals surface area contributed by atoms with Crippen LogP contribution in [0.1, 0.15) is 33.6 Å². The van der Waals surface area contributed by atoms with E-state index in [1.807, 2.05) is 20.8 Å². The third-order valence-corrected chi connectivity index (χ3v) is 2.18. The van der Waals surface area contributed by atoms with E-state index in [1.165, 1.54) is 0 Å². The zero-order valence-electron chi connectivity index (χ0n) is 8.59. The molecular weight excluding hydrogens is 166 g/mol. The molecule has 0 aromatic heterocycles. The van der Waals surface area contributed by atoms with Crippen molar-refractivity contribution >= 4 is 11.7 Å². The number of hydrogen-bond donors (Lipinski definition) is 0. The minimum atomic E-state index is -0.363. The van der Waals surface area contributed by atoms with Crippen molar-refractivity contribution in [3.8, 4) is 0 Å². The van der Waals surface area contributed by atoms with Gasteiger partial charge in [0.05, 0.1) is 6.54 Å². The Morgan fingerprint density at radius 3 is 2.46 bits per heavy atom. The van der Waals surface area contributed by atoms with E-state index in [0.717, 1.165) is 13.0 Å². The van der Waals surface area contributed by atoms with E-state index in [4.69, 9.17) is 0 Å². The number of piperidine rings is 1. The average Bonchev–Trinajstić information content (AvgIpc) is 2.01. The van der Waals surface area contributed by atoms with Crippen LogP contribution in [0.5, 0.6) is 0 Å². The Morgan fingerprint density at radius 1 is 1.38 bits per heavy atom. The lowest BCUT2D eigenvalue weighted by Crippen LogP contribution is -2.45. The average molecular weight is 183 g/mol. The van der Waals surface area contributed by atoms with Crippen LogP contribution in [0.25, 0.3) is 0 Å². The summed E-state index contributed by atoms with van der Waals surface area (Å²) >= 11 is 0. The highest BCUT2D eigenvalue weighted by Gasteiger charge is 2.29. The molecule has 0 aromatic carbocycles. The number of carbonyl (C=O) groups is 2. The largest absolute Gasteiger partial charge is 0.335 e. The zero-order chi connectivity index (χ0) is 10.1. The van der Waals surface area contributed by atoms with Gasteiger partial charge in [0.1, 0.15) is 0 Å². The standard InChI is InChI=1S/C10H17NO2/c1-10(2,3)9(13)11-6-4-5-8(12)7-11/h4-7H2,1-3H3. The first-order valence-electron chi connectivity index (χ1n) is 4.72. The summed E-state index contributed by atoms with van der Waals surface area (Å²) in [6.07, 6.45) is 1.45. The van der Waals surface area contributed by atoms with Gasteiger partial charge in [-0.05, 0) is 6.42 Å². The fourth-order valence-corrected chi connectivity index (χ4v) is 1.49. The molecule has 1 heterocycles. The van der Waals surface area contributed by atoms with E-state index in [1.54, 1.807) is 4.90 Å². The van der Waals surface area contributed by atoms with Crippen molar-refractivity contribution in [2.45, 2.75) is 33.6 Å². The number of carbonyl (C=O) groups excluding carboxylic acids is 2. The molecule has 0 unspecified atom stereocenters. The Labute approximate surface area is 79.1 Å². The molecule has 0 bridgehead atoms. The fourth-order valence-electron chi connectivity index (χ4n) is 1.49. The first-order valence-corrected chi connectivity index (χ1v) is 4.72. The summed E-state index contributed by atoms with van der Waals surface area (Å²) in [4.78, 5) is 24.5. The summed E-state index contributed by atoms with van der Waals surface area (Å²) in [5.74, 6) is 0.268. The first kappa shape index (κ1) is 10.2. The molecule has 0 spiro atoms. The monoisotopic (exact) mass is 183 g/mol. The number of Topliss-reactive ketones (excluding diaryl/α,β-unsaturated/α-hetero) is 1. The van der Waals surface area contributed by atoms with Gasteiger partial charge in [0.25, 0.3) is 0 Å². The Balaban J connectivity index is 2.62. The smallest absolute Gasteiger partial charge is 0.228 e. The van der Waals surface area contributed by atoms with E-state index in [0.29, 0.717) is 13.0 Å². The molecule has 1 fully saturated rings. The highest BCUT2D eigenvalue weighted by molar-refractivity contribution is 5.89. The second kappa shape index (κ2) is 3.48. The molecule has 1 aliphatic heterocycles. The van der Waals surface area contributed by atoms with Gasteiger partial charge in [-0.3, -0.25) is 9.59 Å². The normalized spacial score (nSPS) is 19.0. The maximum atomic E-state index is 11.7. The Hall–Kier alpha value is -0.860. The minimum absolute atomic E-state index is 0.0838. The summed E-state index contributed by atoms with van der Waals surface area (Å²) in [5.41, 5.74) is -0.363. The first-order chi connectivity index (χ1) is 5.91. The lowest BCUT2D eigenvalue weighted by atomic mass is 9.93. The van der Waals surface area contributed by atoms with E-state index in [-0.39, 0.29) is 17.1 Å². The predicted molar refractivity (Wildman–Crippen MR) is 50.3 cm³/mol. The van der Waals surface area contributed by atoms with Gasteiger partial charge in [0, 0.05) is 18.4 Å². The number of ketones is 1. The number of nitrogens with zero attached hydrogens (tertiary/aromatic N) is 1. The summed E-state index contributed by atoms with van der Waals surface area (Å²) in [5, 5.41) is 0. The van der Waals surface area contributed by atoms with Crippen LogP contribution in [0.3, 0.4) is 0 Å². The van der Waals surface area contributed by atoms with Crippen molar-refractivity contribution < 1.29 is 9.59 Å². The maximum Gasteiger partial charge on any atom is 0.228 e. The lowest BCUT2D eigenvalue weighted by Gasteiger charge is -2.31. The Bertz CT molecular complexity index is 228. The van der Waals surface area contributed by atoms with Gasteiger partial charge in [-0.15, -0.1) is 0 Å². The third-order valence-electron chi connectivity index (χ3n) is 2.18. The van der Waals surface area contributed by atoms with E-state index >= 15 is 0 Å². The van der Waals surface area contributed by atoms with E-state index in [2.05, 4.69) is 0 Å². The van der Waals surface area contributed by atoms with Gasteiger partial charge >= 0.3 is 0 Å². The molecule has 1 saturated heterocycles. The molecule has 0 atom stereocenters. The highest BCUT2D eigenvalue weighted by atomic mass is 16.2. The molecule has 3 heteroatoms. The van der Waals surface area contributed by atoms with Gasteiger partial charge in [0.15, 0.2) is 5.78 Å². The molecule has 1 amide bonds. The molecule has 0 N–H and O–H groups in total. The molecule has 1 aliphatic rings. The molecule has 13 heavy (non-hydrogen) atoms. The molecule has 0 saturated carbocycles. The van der Waals surface area contributed by atoms with Gasteiger partial charge in [-0.1, -0.05) is 20.8 Å². The highest BCUT2D eigenvalue weighted by Crippen LogP contribution is 2.19. The molecular formula is C10H17NO2. The number of likely N-dealkylation sites (tertiary alicyclic amines) is 1. The van der Waals surface area contributed by atoms with Gasteiger partial charge in [0.2, 0.25) is 5.91 Å². The number of amides is 1. The van der Waals surface area contributed by atoms with Crippen LogP contribution < -0.4 is 0 Å². The molecule has 0 aromatic rings. The third kappa shape index (κ3) is 2.54. The van der Waals surface area contributed by atoms with Crippen LogP contribution in [-0.4, -0.2) is 29.7 Å². The molecule has 0 aliphatic carbocycles. The summed E-state index contributed by atoms with van der Waals surface area (Å²) in [6, 6.07) is 0. The Kier molecular flexibility index (Phi) is 2.74. The molecule has 1 rings (SSSR count). The van der Waals surface area contributed by atoms with Crippen LogP contribution in [0, 0.1) is 5.41 Å². The topological polar surface area (TPSA) is 37.4 Å². The van der Waals surface area contributed by atoms with Crippen molar-refractivity contribution in [3.63, 3.8) is 0 Å². The van der Waals surface area contributed by atoms with Crippen LogP contribution in [-0.2, 0) is 9.59 Å². The predicted octanol–water partition coefficient (Wildman–Crippen LogP) is 1.22. The lowest BCUT2D eigenvalue weighted by molar-refractivity contribution is -0.144. The van der Waals surface area contributed by atoms with Crippen LogP contribution in [0.4, 0.5) is 0 Å². The quantitative estimate of drug-likeness (QED) is 0.566. The second-order valence-corrected chi connectivity index (χ2v) is 4.62. The van der Waals surface area contributed by atoms with Gasteiger partial charge in [-0.2, -0.15) is 0 Å². The van der Waals surface area contributed by atoms with Crippen LogP contribution >= 0.6 is 0 Å². The summed E-state index contributed by atoms with van der Waals surface area (Å²) in [6.45, 7) is 6.70. The molecule has 74 valence electrons. The van der Waals surface area contributed by atoms with Crippen molar-refractivity contribution in [1.29, 1.82) is 0 Å². The minimum Gasteiger partial charge on any atom is -0.335 e. The van der Waals surface area contributed by atoms with Crippen molar-refractivity contribution in [2.24, 2.45) is 5.41 Å². The SMILES string of the molecule is CC(C)(C)C(=O)N1CCCC(=O)C1. The van der Waals surface area contributed by atoms with Crippen LogP contribution in [0.15, 0.2) is 0 Å². The summed E-state index contributed by atoms with van der Waals surface area (Å²) in [7, 11) is 0. The Morgan fingerprint density at radius 2 is 2.00 bits per heavy atom. The van der Waals surface area contributed by atoms with Crippen LogP contribution in [0.2, 0.25) is 0 Å². The van der Waals surface area contributed by atoms with E-state index < -0.39 is 0 Å². The zero-order valence-corrected chi connectivity index (χ0v) is 8.59. The van der Waals surface area contributed by atoms with E-state index in [9.17, 15) is 9.59 Å². The van der Waals surface area contributed by atoms with Crippen molar-refractivity contribution in [3.05, 3.63) is 0 Å². The number of rotatable bonds is 0. The molecule has 3 nitrogen and oxygen atoms in total. The van der Waals surface area contributed by atoms with Crippen molar-refractivity contribution in [2.75, 3.05) is 13.1 Å². The molecule has 0 radical (unpaired) electrons. The second-order valence-electron chi connectivity index (χ2n) is 4.62. The fraction of sp³-hybridized carbons (Fsp3) is 0.800. The van der Waals surface area contributed by atoms with Gasteiger partial charge < -0.3 is 4.90 Å². The van der Waals surface area contributed by atoms with Gasteiger partial charge in [-0.25, -0.2) is 0 Å².